The Bertz CT molecular complexity index is 134. The highest BCUT2D eigenvalue weighted by Gasteiger charge is 2.13. The van der Waals surface area contributed by atoms with Crippen LogP contribution in [0.5, 0.6) is 0 Å². The normalized spacial score (nSPS) is 17.0. The molecule has 0 saturated carbocycles. The Kier molecular flexibility index (Phi) is 8.87. The summed E-state index contributed by atoms with van der Waals surface area (Å²) < 4.78 is 0. The van der Waals surface area contributed by atoms with E-state index in [0.717, 1.165) is 24.6 Å². The summed E-state index contributed by atoms with van der Waals surface area (Å²) in [6, 6.07) is 0. The second-order valence-electron chi connectivity index (χ2n) is 2.38. The predicted molar refractivity (Wildman–Crippen MR) is 63.1 cm³/mol. The topological polar surface area (TPSA) is 20.3 Å². The minimum atomic E-state index is 0.299. The lowest BCUT2D eigenvalue weighted by Gasteiger charge is -2.18. The van der Waals surface area contributed by atoms with Crippen LogP contribution in [0.4, 0.5) is 0 Å². The molecule has 78 valence electrons. The van der Waals surface area contributed by atoms with Gasteiger partial charge in [-0.25, -0.2) is 0 Å². The van der Waals surface area contributed by atoms with Crippen molar-refractivity contribution in [3.05, 3.63) is 0 Å². The van der Waals surface area contributed by atoms with Crippen LogP contribution >= 0.6 is 21.6 Å². The third-order valence-electron chi connectivity index (χ3n) is 1.63. The number of rotatable bonds is 1. The van der Waals surface area contributed by atoms with E-state index in [1.54, 1.807) is 0 Å². The van der Waals surface area contributed by atoms with Gasteiger partial charge in [0.15, 0.2) is 0 Å². The summed E-state index contributed by atoms with van der Waals surface area (Å²) in [6.45, 7) is 7.79. The van der Waals surface area contributed by atoms with Crippen molar-refractivity contribution in [2.75, 3.05) is 24.6 Å². The highest BCUT2D eigenvalue weighted by atomic mass is 33.1. The molecule has 0 aromatic carbocycles. The van der Waals surface area contributed by atoms with Crippen molar-refractivity contribution in [2.45, 2.75) is 27.2 Å². The number of carbonyl (C=O) groups is 1. The van der Waals surface area contributed by atoms with Crippen molar-refractivity contribution in [1.29, 1.82) is 0 Å². The minimum absolute atomic E-state index is 0.299. The molecule has 1 saturated heterocycles. The van der Waals surface area contributed by atoms with Crippen molar-refractivity contribution in [2.24, 2.45) is 0 Å². The Morgan fingerprint density at radius 2 is 1.69 bits per heavy atom. The fourth-order valence-corrected chi connectivity index (χ4v) is 2.98. The third-order valence-corrected chi connectivity index (χ3v) is 3.99. The highest BCUT2D eigenvalue weighted by molar-refractivity contribution is 8.76. The summed E-state index contributed by atoms with van der Waals surface area (Å²) in [5.41, 5.74) is 0. The number of carbonyl (C=O) groups excluding carboxylic acids is 1. The molecule has 0 radical (unpaired) electrons. The van der Waals surface area contributed by atoms with Gasteiger partial charge in [0.25, 0.3) is 0 Å². The van der Waals surface area contributed by atoms with Crippen LogP contribution in [0.2, 0.25) is 0 Å². The molecule has 1 rings (SSSR count). The smallest absolute Gasteiger partial charge is 0.222 e. The molecule has 0 bridgehead atoms. The molecule has 1 heterocycles. The van der Waals surface area contributed by atoms with Gasteiger partial charge in [0.2, 0.25) is 5.91 Å². The molecule has 2 nitrogen and oxygen atoms in total. The second kappa shape index (κ2) is 8.75. The van der Waals surface area contributed by atoms with E-state index < -0.39 is 0 Å². The van der Waals surface area contributed by atoms with E-state index in [1.807, 2.05) is 47.3 Å². The van der Waals surface area contributed by atoms with Gasteiger partial charge in [-0.1, -0.05) is 42.4 Å². The Labute approximate surface area is 89.2 Å². The van der Waals surface area contributed by atoms with E-state index in [1.165, 1.54) is 0 Å². The average Bonchev–Trinajstić information content (AvgIpc) is 2.48. The average molecular weight is 221 g/mol. The van der Waals surface area contributed by atoms with Gasteiger partial charge in [0, 0.05) is 31.0 Å². The molecule has 0 N–H and O–H groups in total. The first-order valence-electron chi connectivity index (χ1n) is 4.86. The Hall–Kier alpha value is 0.170. The summed E-state index contributed by atoms with van der Waals surface area (Å²) in [6.07, 6.45) is 0.648. The second-order valence-corrected chi connectivity index (χ2v) is 5.08. The molecule has 4 heteroatoms. The SMILES string of the molecule is CC.CCC(=O)N1CCSSCC1. The maximum atomic E-state index is 11.2. The number of hydrogen-bond acceptors (Lipinski definition) is 3. The van der Waals surface area contributed by atoms with Crippen molar-refractivity contribution < 1.29 is 4.79 Å². The number of nitrogens with zero attached hydrogens (tertiary/aromatic N) is 1. The molecular formula is C9H19NOS2. The Morgan fingerprint density at radius 1 is 1.23 bits per heavy atom. The van der Waals surface area contributed by atoms with Gasteiger partial charge in [-0.15, -0.1) is 0 Å². The summed E-state index contributed by atoms with van der Waals surface area (Å²) in [4.78, 5) is 13.2. The van der Waals surface area contributed by atoms with Crippen molar-refractivity contribution in [1.82, 2.24) is 4.90 Å². The molecule has 0 spiro atoms. The lowest BCUT2D eigenvalue weighted by atomic mass is 10.4. The maximum absolute atomic E-state index is 11.2. The molecule has 1 amide bonds. The standard InChI is InChI=1S/C7H13NOS2.C2H6/c1-2-7(9)8-3-5-10-11-6-4-8;1-2/h2-6H2,1H3;1-2H3. The van der Waals surface area contributed by atoms with E-state index in [0.29, 0.717) is 12.3 Å². The molecule has 1 aliphatic rings. The fraction of sp³-hybridized carbons (Fsp3) is 0.889. The largest absolute Gasteiger partial charge is 0.341 e. The van der Waals surface area contributed by atoms with Crippen LogP contribution in [-0.4, -0.2) is 35.4 Å². The van der Waals surface area contributed by atoms with Crippen molar-refractivity contribution in [3.8, 4) is 0 Å². The lowest BCUT2D eigenvalue weighted by molar-refractivity contribution is -0.130. The van der Waals surface area contributed by atoms with Gasteiger partial charge >= 0.3 is 0 Å². The monoisotopic (exact) mass is 221 g/mol. The molecule has 0 unspecified atom stereocenters. The first kappa shape index (κ1) is 13.2. The van der Waals surface area contributed by atoms with Gasteiger partial charge in [-0.05, 0) is 0 Å². The number of hydrogen-bond donors (Lipinski definition) is 0. The number of amides is 1. The molecule has 0 aliphatic carbocycles. The van der Waals surface area contributed by atoms with Crippen LogP contribution < -0.4 is 0 Å². The minimum Gasteiger partial charge on any atom is -0.341 e. The van der Waals surface area contributed by atoms with Gasteiger partial charge < -0.3 is 4.90 Å². The molecule has 13 heavy (non-hydrogen) atoms. The molecule has 1 aliphatic heterocycles. The van der Waals surface area contributed by atoms with Gasteiger partial charge in [0.1, 0.15) is 0 Å². The predicted octanol–water partition coefficient (Wildman–Crippen LogP) is 2.65. The maximum Gasteiger partial charge on any atom is 0.222 e. The molecule has 1 fully saturated rings. The van der Waals surface area contributed by atoms with E-state index in [-0.39, 0.29) is 0 Å². The quantitative estimate of drug-likeness (QED) is 0.635. The van der Waals surface area contributed by atoms with Crippen LogP contribution in [0.15, 0.2) is 0 Å². The molecule has 0 atom stereocenters. The Balaban J connectivity index is 0.000000671. The molecule has 0 aromatic heterocycles. The summed E-state index contributed by atoms with van der Waals surface area (Å²) in [5.74, 6) is 2.46. The van der Waals surface area contributed by atoms with E-state index >= 15 is 0 Å². The van der Waals surface area contributed by atoms with Crippen LogP contribution in [0.3, 0.4) is 0 Å². The third kappa shape index (κ3) is 5.47. The summed E-state index contributed by atoms with van der Waals surface area (Å²) >= 11 is 0. The zero-order valence-electron chi connectivity index (χ0n) is 8.71. The lowest BCUT2D eigenvalue weighted by Crippen LogP contribution is -2.33. The zero-order valence-corrected chi connectivity index (χ0v) is 10.3. The van der Waals surface area contributed by atoms with E-state index in [2.05, 4.69) is 0 Å². The van der Waals surface area contributed by atoms with Gasteiger partial charge in [-0.3, -0.25) is 4.79 Å². The van der Waals surface area contributed by atoms with E-state index in [9.17, 15) is 4.79 Å². The Morgan fingerprint density at radius 3 is 2.08 bits per heavy atom. The van der Waals surface area contributed by atoms with Crippen molar-refractivity contribution >= 4 is 27.5 Å². The molecule has 0 aromatic rings. The zero-order chi connectivity index (χ0) is 10.1. The molecular weight excluding hydrogens is 202 g/mol. The van der Waals surface area contributed by atoms with Crippen molar-refractivity contribution in [3.63, 3.8) is 0 Å². The van der Waals surface area contributed by atoms with Crippen LogP contribution in [0.1, 0.15) is 27.2 Å². The van der Waals surface area contributed by atoms with Crippen LogP contribution in [0.25, 0.3) is 0 Å². The van der Waals surface area contributed by atoms with Gasteiger partial charge in [0.05, 0.1) is 0 Å². The van der Waals surface area contributed by atoms with Gasteiger partial charge in [-0.2, -0.15) is 0 Å². The summed E-state index contributed by atoms with van der Waals surface area (Å²) in [7, 11) is 3.74. The summed E-state index contributed by atoms with van der Waals surface area (Å²) in [5, 5.41) is 0. The van der Waals surface area contributed by atoms with E-state index in [4.69, 9.17) is 0 Å². The highest BCUT2D eigenvalue weighted by Crippen LogP contribution is 2.23. The first-order valence-corrected chi connectivity index (χ1v) is 7.35. The fourth-order valence-electron chi connectivity index (χ4n) is 0.998. The van der Waals surface area contributed by atoms with Crippen LogP contribution in [0, 0.1) is 0 Å². The van der Waals surface area contributed by atoms with Crippen LogP contribution in [-0.2, 0) is 4.79 Å². The first-order chi connectivity index (χ1) is 6.34.